The van der Waals surface area contributed by atoms with Gasteiger partial charge in [-0.15, -0.1) is 0 Å². The molecule has 2 aromatic heterocycles. The number of fused-ring (bicyclic) bond motifs is 1. The SMILES string of the molecule is CCn1cc(C(=O)Nc2ncnn2C)c(=O)c2cc(Cl)ccc21. The Labute approximate surface area is 136 Å². The van der Waals surface area contributed by atoms with Crippen LogP contribution in [0.15, 0.2) is 35.5 Å². The minimum atomic E-state index is -0.532. The van der Waals surface area contributed by atoms with Crippen molar-refractivity contribution < 1.29 is 4.79 Å². The summed E-state index contributed by atoms with van der Waals surface area (Å²) in [7, 11) is 1.65. The van der Waals surface area contributed by atoms with Crippen molar-refractivity contribution in [2.45, 2.75) is 13.5 Å². The van der Waals surface area contributed by atoms with E-state index in [1.807, 2.05) is 11.5 Å². The number of nitrogens with zero attached hydrogens (tertiary/aromatic N) is 4. The minimum Gasteiger partial charge on any atom is -0.347 e. The topological polar surface area (TPSA) is 81.8 Å². The van der Waals surface area contributed by atoms with Crippen molar-refractivity contribution in [3.05, 3.63) is 51.5 Å². The molecule has 1 amide bonds. The molecule has 0 fully saturated rings. The molecule has 1 N–H and O–H groups in total. The molecule has 0 aliphatic carbocycles. The fourth-order valence-electron chi connectivity index (χ4n) is 2.37. The number of amides is 1. The molecule has 0 saturated carbocycles. The predicted molar refractivity (Wildman–Crippen MR) is 87.8 cm³/mol. The van der Waals surface area contributed by atoms with Crippen LogP contribution < -0.4 is 10.7 Å². The Kier molecular flexibility index (Phi) is 3.87. The summed E-state index contributed by atoms with van der Waals surface area (Å²) in [5.41, 5.74) is 0.397. The van der Waals surface area contributed by atoms with E-state index in [0.29, 0.717) is 17.0 Å². The van der Waals surface area contributed by atoms with Gasteiger partial charge in [-0.3, -0.25) is 14.9 Å². The summed E-state index contributed by atoms with van der Waals surface area (Å²) >= 11 is 5.98. The van der Waals surface area contributed by atoms with Gasteiger partial charge < -0.3 is 4.57 Å². The van der Waals surface area contributed by atoms with Crippen LogP contribution in [0.5, 0.6) is 0 Å². The van der Waals surface area contributed by atoms with Gasteiger partial charge in [-0.2, -0.15) is 10.1 Å². The van der Waals surface area contributed by atoms with Gasteiger partial charge in [0.15, 0.2) is 0 Å². The molecule has 0 aliphatic heterocycles. The fraction of sp³-hybridized carbons (Fsp3) is 0.200. The summed E-state index contributed by atoms with van der Waals surface area (Å²) in [4.78, 5) is 29.0. The van der Waals surface area contributed by atoms with Gasteiger partial charge in [-0.1, -0.05) is 11.6 Å². The number of nitrogens with one attached hydrogen (secondary N) is 1. The average molecular weight is 332 g/mol. The molecule has 0 aliphatic rings. The molecule has 0 unspecified atom stereocenters. The van der Waals surface area contributed by atoms with E-state index in [-0.39, 0.29) is 16.9 Å². The fourth-order valence-corrected chi connectivity index (χ4v) is 2.54. The number of pyridine rings is 1. The van der Waals surface area contributed by atoms with Gasteiger partial charge in [0.1, 0.15) is 11.9 Å². The Balaban J connectivity index is 2.14. The van der Waals surface area contributed by atoms with Crippen LogP contribution in [0.2, 0.25) is 5.02 Å². The Bertz CT molecular complexity index is 960. The van der Waals surface area contributed by atoms with Crippen molar-refractivity contribution in [2.75, 3.05) is 5.32 Å². The molecule has 7 nitrogen and oxygen atoms in total. The molecular formula is C15H14ClN5O2. The van der Waals surface area contributed by atoms with Crippen LogP contribution in [-0.4, -0.2) is 25.2 Å². The lowest BCUT2D eigenvalue weighted by Gasteiger charge is -2.11. The van der Waals surface area contributed by atoms with Crippen molar-refractivity contribution in [1.29, 1.82) is 0 Å². The third-order valence-corrected chi connectivity index (χ3v) is 3.80. The Morgan fingerprint density at radius 1 is 1.39 bits per heavy atom. The van der Waals surface area contributed by atoms with Crippen molar-refractivity contribution in [3.63, 3.8) is 0 Å². The lowest BCUT2D eigenvalue weighted by molar-refractivity contribution is 0.102. The van der Waals surface area contributed by atoms with E-state index < -0.39 is 5.91 Å². The highest BCUT2D eigenvalue weighted by molar-refractivity contribution is 6.31. The van der Waals surface area contributed by atoms with Gasteiger partial charge in [0, 0.05) is 30.2 Å². The van der Waals surface area contributed by atoms with E-state index in [1.165, 1.54) is 11.0 Å². The standard InChI is InChI=1S/C15H14ClN5O2/c1-3-21-7-11(14(23)19-15-17-8-18-20(15)2)13(22)10-6-9(16)4-5-12(10)21/h4-8H,3H2,1-2H3,(H,17,18,19,23). The Morgan fingerprint density at radius 3 is 2.83 bits per heavy atom. The number of anilines is 1. The second-order valence-electron chi connectivity index (χ2n) is 4.98. The molecule has 3 aromatic rings. The molecule has 3 rings (SSSR count). The molecule has 8 heteroatoms. The van der Waals surface area contributed by atoms with Gasteiger partial charge in [0.05, 0.1) is 5.52 Å². The van der Waals surface area contributed by atoms with Crippen LogP contribution in [0.25, 0.3) is 10.9 Å². The number of aromatic nitrogens is 4. The maximum Gasteiger partial charge on any atom is 0.263 e. The highest BCUT2D eigenvalue weighted by Gasteiger charge is 2.17. The minimum absolute atomic E-state index is 0.0321. The summed E-state index contributed by atoms with van der Waals surface area (Å²) in [6, 6.07) is 5.06. The molecular weight excluding hydrogens is 318 g/mol. The molecule has 0 bridgehead atoms. The van der Waals surface area contributed by atoms with E-state index in [1.54, 1.807) is 31.4 Å². The number of aryl methyl sites for hydroxylation is 2. The average Bonchev–Trinajstić information content (AvgIpc) is 2.93. The number of hydrogen-bond acceptors (Lipinski definition) is 4. The lowest BCUT2D eigenvalue weighted by atomic mass is 10.1. The number of halogens is 1. The second-order valence-corrected chi connectivity index (χ2v) is 5.42. The van der Waals surface area contributed by atoms with E-state index in [4.69, 9.17) is 11.6 Å². The zero-order valence-electron chi connectivity index (χ0n) is 12.6. The smallest absolute Gasteiger partial charge is 0.263 e. The molecule has 0 atom stereocenters. The first-order valence-corrected chi connectivity index (χ1v) is 7.37. The number of rotatable bonds is 3. The highest BCUT2D eigenvalue weighted by Crippen LogP contribution is 2.18. The van der Waals surface area contributed by atoms with Crippen LogP contribution >= 0.6 is 11.6 Å². The molecule has 1 aromatic carbocycles. The van der Waals surface area contributed by atoms with Gasteiger partial charge in [0.25, 0.3) is 5.91 Å². The van der Waals surface area contributed by atoms with Crippen molar-refractivity contribution in [2.24, 2.45) is 7.05 Å². The van der Waals surface area contributed by atoms with Crippen molar-refractivity contribution in [1.82, 2.24) is 19.3 Å². The quantitative estimate of drug-likeness (QED) is 0.796. The van der Waals surface area contributed by atoms with Crippen molar-refractivity contribution in [3.8, 4) is 0 Å². The Morgan fingerprint density at radius 2 is 2.17 bits per heavy atom. The number of carbonyl (C=O) groups excluding carboxylic acids is 1. The zero-order valence-corrected chi connectivity index (χ0v) is 13.3. The summed E-state index contributed by atoms with van der Waals surface area (Å²) in [6.07, 6.45) is 2.87. The summed E-state index contributed by atoms with van der Waals surface area (Å²) in [6.45, 7) is 2.55. The van der Waals surface area contributed by atoms with E-state index in [9.17, 15) is 9.59 Å². The molecule has 0 saturated heterocycles. The van der Waals surface area contributed by atoms with Crippen LogP contribution in [0.4, 0.5) is 5.95 Å². The maximum atomic E-state index is 12.6. The van der Waals surface area contributed by atoms with Gasteiger partial charge in [0.2, 0.25) is 11.4 Å². The first kappa shape index (κ1) is 15.2. The zero-order chi connectivity index (χ0) is 16.6. The van der Waals surface area contributed by atoms with Crippen LogP contribution in [0.1, 0.15) is 17.3 Å². The molecule has 2 heterocycles. The third kappa shape index (κ3) is 2.70. The van der Waals surface area contributed by atoms with Crippen LogP contribution in [-0.2, 0) is 13.6 Å². The molecule has 0 radical (unpaired) electrons. The van der Waals surface area contributed by atoms with E-state index >= 15 is 0 Å². The number of carbonyl (C=O) groups is 1. The van der Waals surface area contributed by atoms with Gasteiger partial charge in [-0.25, -0.2) is 4.68 Å². The first-order chi connectivity index (χ1) is 11.0. The monoisotopic (exact) mass is 331 g/mol. The van der Waals surface area contributed by atoms with Crippen LogP contribution in [0, 0.1) is 0 Å². The molecule has 118 valence electrons. The normalized spacial score (nSPS) is 10.9. The third-order valence-electron chi connectivity index (χ3n) is 3.56. The predicted octanol–water partition coefficient (Wildman–Crippen LogP) is 2.06. The second kappa shape index (κ2) is 5.85. The van der Waals surface area contributed by atoms with Gasteiger partial charge >= 0.3 is 0 Å². The number of benzene rings is 1. The highest BCUT2D eigenvalue weighted by atomic mass is 35.5. The van der Waals surface area contributed by atoms with E-state index in [2.05, 4.69) is 15.4 Å². The van der Waals surface area contributed by atoms with Gasteiger partial charge in [-0.05, 0) is 25.1 Å². The largest absolute Gasteiger partial charge is 0.347 e. The summed E-state index contributed by atoms with van der Waals surface area (Å²) < 4.78 is 3.24. The van der Waals surface area contributed by atoms with E-state index in [0.717, 1.165) is 5.52 Å². The molecule has 23 heavy (non-hydrogen) atoms. The van der Waals surface area contributed by atoms with Crippen LogP contribution in [0.3, 0.4) is 0 Å². The Hall–Kier alpha value is -2.67. The molecule has 0 spiro atoms. The lowest BCUT2D eigenvalue weighted by Crippen LogP contribution is -2.25. The summed E-state index contributed by atoms with van der Waals surface area (Å²) in [5, 5.41) is 7.31. The summed E-state index contributed by atoms with van der Waals surface area (Å²) in [5.74, 6) is -0.265. The first-order valence-electron chi connectivity index (χ1n) is 6.99. The number of hydrogen-bond donors (Lipinski definition) is 1. The van der Waals surface area contributed by atoms with Crippen molar-refractivity contribution >= 4 is 34.4 Å². The maximum absolute atomic E-state index is 12.6.